The van der Waals surface area contributed by atoms with Crippen molar-refractivity contribution in [2.45, 2.75) is 37.5 Å². The van der Waals surface area contributed by atoms with Crippen LogP contribution in [0, 0.1) is 0 Å². The number of carbonyl (C=O) groups is 2. The lowest BCUT2D eigenvalue weighted by Crippen LogP contribution is -2.32. The molecule has 0 aromatic heterocycles. The third-order valence-electron chi connectivity index (χ3n) is 5.09. The Bertz CT molecular complexity index is 1010. The lowest BCUT2D eigenvalue weighted by atomic mass is 10.1. The van der Waals surface area contributed by atoms with Gasteiger partial charge in [-0.15, -0.1) is 0 Å². The lowest BCUT2D eigenvalue weighted by molar-refractivity contribution is 0.0474. The van der Waals surface area contributed by atoms with Crippen LogP contribution < -0.4 is 4.74 Å². The Morgan fingerprint density at radius 1 is 0.935 bits per heavy atom. The molecule has 2 aromatic rings. The molecule has 0 unspecified atom stereocenters. The van der Waals surface area contributed by atoms with Crippen molar-refractivity contribution in [2.75, 3.05) is 26.3 Å². The summed E-state index contributed by atoms with van der Waals surface area (Å²) in [6.07, 6.45) is 3.69. The average Bonchev–Trinajstić information content (AvgIpc) is 3.08. The van der Waals surface area contributed by atoms with E-state index in [1.165, 1.54) is 28.6 Å². The second-order valence-corrected chi connectivity index (χ2v) is 9.24. The van der Waals surface area contributed by atoms with E-state index < -0.39 is 22.6 Å². The van der Waals surface area contributed by atoms with Gasteiger partial charge in [-0.3, -0.25) is 4.79 Å². The zero-order valence-electron chi connectivity index (χ0n) is 17.6. The molecule has 0 bridgehead atoms. The summed E-state index contributed by atoms with van der Waals surface area (Å²) in [5.41, 5.74) is 0.490. The molecule has 2 aromatic carbocycles. The molecule has 1 saturated heterocycles. The summed E-state index contributed by atoms with van der Waals surface area (Å²) in [6.45, 7) is 2.92. The summed E-state index contributed by atoms with van der Waals surface area (Å²) in [5.74, 6) is -0.449. The van der Waals surface area contributed by atoms with Crippen LogP contribution in [0.3, 0.4) is 0 Å². The predicted octanol–water partition coefficient (Wildman–Crippen LogP) is 3.69. The maximum atomic E-state index is 12.9. The molecule has 1 aliphatic heterocycles. The minimum absolute atomic E-state index is 0.0571. The highest BCUT2D eigenvalue weighted by atomic mass is 32.2. The van der Waals surface area contributed by atoms with E-state index >= 15 is 0 Å². The van der Waals surface area contributed by atoms with Gasteiger partial charge in [0, 0.05) is 18.7 Å². The Hall–Kier alpha value is -2.71. The van der Waals surface area contributed by atoms with Crippen molar-refractivity contribution >= 4 is 21.8 Å². The van der Waals surface area contributed by atoms with Crippen LogP contribution in [0.4, 0.5) is 0 Å². The average molecular weight is 446 g/mol. The van der Waals surface area contributed by atoms with Crippen molar-refractivity contribution in [1.29, 1.82) is 0 Å². The number of nitrogens with zero attached hydrogens (tertiary/aromatic N) is 1. The standard InChI is InChI=1S/C23H27NO6S/c1-2-29-20-12-10-18(11-13-20)22(25)17-30-23(26)19-8-7-9-21(16-19)31(27,28)24-14-5-3-4-6-15-24/h7-13,16H,2-6,14-15,17H2,1H3. The molecule has 8 heteroatoms. The van der Waals surface area contributed by atoms with Crippen molar-refractivity contribution in [2.24, 2.45) is 0 Å². The first-order chi connectivity index (χ1) is 14.9. The van der Waals surface area contributed by atoms with Crippen molar-refractivity contribution < 1.29 is 27.5 Å². The second-order valence-electron chi connectivity index (χ2n) is 7.30. The molecule has 0 aliphatic carbocycles. The molecule has 1 aliphatic rings. The summed E-state index contributed by atoms with van der Waals surface area (Å²) in [4.78, 5) is 24.8. The maximum absolute atomic E-state index is 12.9. The number of rotatable bonds is 8. The van der Waals surface area contributed by atoms with Crippen molar-refractivity contribution in [3.05, 3.63) is 59.7 Å². The Labute approximate surface area is 183 Å². The van der Waals surface area contributed by atoms with Crippen LogP contribution in [-0.2, 0) is 14.8 Å². The van der Waals surface area contributed by atoms with Crippen molar-refractivity contribution in [1.82, 2.24) is 4.31 Å². The molecule has 0 N–H and O–H groups in total. The largest absolute Gasteiger partial charge is 0.494 e. The highest BCUT2D eigenvalue weighted by Crippen LogP contribution is 2.21. The molecule has 0 spiro atoms. The van der Waals surface area contributed by atoms with E-state index in [1.54, 1.807) is 24.3 Å². The number of esters is 1. The van der Waals surface area contributed by atoms with Crippen LogP contribution in [-0.4, -0.2) is 50.8 Å². The Morgan fingerprint density at radius 2 is 1.61 bits per heavy atom. The van der Waals surface area contributed by atoms with E-state index in [4.69, 9.17) is 9.47 Å². The van der Waals surface area contributed by atoms with E-state index in [2.05, 4.69) is 0 Å². The number of ketones is 1. The maximum Gasteiger partial charge on any atom is 0.338 e. The monoisotopic (exact) mass is 445 g/mol. The van der Waals surface area contributed by atoms with Crippen LogP contribution in [0.25, 0.3) is 0 Å². The summed E-state index contributed by atoms with van der Waals surface area (Å²) < 4.78 is 37.8. The van der Waals surface area contributed by atoms with Gasteiger partial charge in [-0.25, -0.2) is 13.2 Å². The fourth-order valence-electron chi connectivity index (χ4n) is 3.42. The van der Waals surface area contributed by atoms with Gasteiger partial charge in [0.15, 0.2) is 12.4 Å². The fourth-order valence-corrected chi connectivity index (χ4v) is 4.98. The van der Waals surface area contributed by atoms with Gasteiger partial charge in [0.2, 0.25) is 10.0 Å². The molecular formula is C23H27NO6S. The SMILES string of the molecule is CCOc1ccc(C(=O)COC(=O)c2cccc(S(=O)(=O)N3CCCCCC3)c2)cc1. The minimum Gasteiger partial charge on any atom is -0.494 e. The topological polar surface area (TPSA) is 90.0 Å². The van der Waals surface area contributed by atoms with E-state index in [0.29, 0.717) is 31.0 Å². The van der Waals surface area contributed by atoms with E-state index in [1.807, 2.05) is 6.92 Å². The van der Waals surface area contributed by atoms with Gasteiger partial charge in [0.1, 0.15) is 5.75 Å². The van der Waals surface area contributed by atoms with Gasteiger partial charge in [0.25, 0.3) is 0 Å². The predicted molar refractivity (Wildman–Crippen MR) is 116 cm³/mol. The van der Waals surface area contributed by atoms with Gasteiger partial charge in [-0.05, 0) is 62.2 Å². The van der Waals surface area contributed by atoms with E-state index in [0.717, 1.165) is 25.7 Å². The highest BCUT2D eigenvalue weighted by molar-refractivity contribution is 7.89. The van der Waals surface area contributed by atoms with Crippen LogP contribution in [0.1, 0.15) is 53.3 Å². The van der Waals surface area contributed by atoms with Crippen LogP contribution in [0.15, 0.2) is 53.4 Å². The quantitative estimate of drug-likeness (QED) is 0.455. The van der Waals surface area contributed by atoms with Gasteiger partial charge in [0.05, 0.1) is 17.1 Å². The number of Topliss-reactive ketones (excluding diaryl/α,β-unsaturated/α-hetero) is 1. The van der Waals surface area contributed by atoms with Crippen molar-refractivity contribution in [3.63, 3.8) is 0 Å². The molecule has 0 radical (unpaired) electrons. The number of sulfonamides is 1. The molecule has 7 nitrogen and oxygen atoms in total. The molecule has 0 amide bonds. The number of ether oxygens (including phenoxy) is 2. The first-order valence-electron chi connectivity index (χ1n) is 10.4. The Balaban J connectivity index is 1.65. The first kappa shape index (κ1) is 23.0. The smallest absolute Gasteiger partial charge is 0.338 e. The fraction of sp³-hybridized carbons (Fsp3) is 0.391. The zero-order chi connectivity index (χ0) is 22.3. The van der Waals surface area contributed by atoms with Crippen molar-refractivity contribution in [3.8, 4) is 5.75 Å². The Morgan fingerprint density at radius 3 is 2.26 bits per heavy atom. The molecule has 0 saturated carbocycles. The molecule has 166 valence electrons. The van der Waals surface area contributed by atoms with Crippen LogP contribution in [0.2, 0.25) is 0 Å². The Kier molecular flexibility index (Phi) is 7.81. The number of benzene rings is 2. The molecule has 3 rings (SSSR count). The molecule has 31 heavy (non-hydrogen) atoms. The zero-order valence-corrected chi connectivity index (χ0v) is 18.4. The molecule has 0 atom stereocenters. The van der Waals surface area contributed by atoms with E-state index in [-0.39, 0.29) is 16.2 Å². The molecule has 1 fully saturated rings. The van der Waals surface area contributed by atoms with Crippen LogP contribution >= 0.6 is 0 Å². The third kappa shape index (κ3) is 5.92. The van der Waals surface area contributed by atoms with E-state index in [9.17, 15) is 18.0 Å². The first-order valence-corrected chi connectivity index (χ1v) is 11.9. The molecular weight excluding hydrogens is 418 g/mol. The normalized spacial score (nSPS) is 15.1. The molecule has 1 heterocycles. The number of carbonyl (C=O) groups excluding carboxylic acids is 2. The summed E-state index contributed by atoms with van der Waals surface area (Å²) >= 11 is 0. The van der Waals surface area contributed by atoms with Crippen LogP contribution in [0.5, 0.6) is 5.75 Å². The lowest BCUT2D eigenvalue weighted by Gasteiger charge is -2.20. The number of hydrogen-bond donors (Lipinski definition) is 0. The van der Waals surface area contributed by atoms with Gasteiger partial charge < -0.3 is 9.47 Å². The highest BCUT2D eigenvalue weighted by Gasteiger charge is 2.26. The summed E-state index contributed by atoms with van der Waals surface area (Å²) in [6, 6.07) is 12.3. The summed E-state index contributed by atoms with van der Waals surface area (Å²) in [7, 11) is -3.68. The second kappa shape index (κ2) is 10.5. The van der Waals surface area contributed by atoms with Gasteiger partial charge in [-0.2, -0.15) is 4.31 Å². The summed E-state index contributed by atoms with van der Waals surface area (Å²) in [5, 5.41) is 0. The third-order valence-corrected chi connectivity index (χ3v) is 6.99. The van der Waals surface area contributed by atoms with Gasteiger partial charge in [-0.1, -0.05) is 18.9 Å². The minimum atomic E-state index is -3.68. The number of hydrogen-bond acceptors (Lipinski definition) is 6. The van der Waals surface area contributed by atoms with Gasteiger partial charge >= 0.3 is 5.97 Å².